The highest BCUT2D eigenvalue weighted by atomic mass is 32.2. The number of methoxy groups -OCH3 is 2. The second-order valence-corrected chi connectivity index (χ2v) is 9.53. The third-order valence-corrected chi connectivity index (χ3v) is 7.50. The van der Waals surface area contributed by atoms with E-state index in [2.05, 4.69) is 5.32 Å². The van der Waals surface area contributed by atoms with Crippen molar-refractivity contribution in [1.82, 2.24) is 9.62 Å². The fourth-order valence-corrected chi connectivity index (χ4v) is 5.23. The van der Waals surface area contributed by atoms with Gasteiger partial charge in [0.15, 0.2) is 11.5 Å². The van der Waals surface area contributed by atoms with E-state index in [9.17, 15) is 22.0 Å². The summed E-state index contributed by atoms with van der Waals surface area (Å²) in [5.41, 5.74) is 0.188. The molecule has 1 N–H and O–H groups in total. The molecular weight excluding hydrogens is 442 g/mol. The van der Waals surface area contributed by atoms with Gasteiger partial charge in [-0.05, 0) is 38.0 Å². The standard InChI is InChI=1S/C22H26F2N2O5S/c1-14(18-6-4-16(23)12-19(18)24)25-22(27)15-8-10-26(11-9-15)32(28,29)17-5-7-20(30-2)21(13-17)31-3/h4-7,12-15H,8-11H2,1-3H3,(H,25,27). The molecule has 10 heteroatoms. The molecule has 1 heterocycles. The van der Waals surface area contributed by atoms with Crippen molar-refractivity contribution in [1.29, 1.82) is 0 Å². The molecule has 1 amide bonds. The third kappa shape index (κ3) is 5.02. The zero-order valence-electron chi connectivity index (χ0n) is 18.1. The van der Waals surface area contributed by atoms with Crippen molar-refractivity contribution >= 4 is 15.9 Å². The Morgan fingerprint density at radius 3 is 2.31 bits per heavy atom. The number of halogens is 2. The second kappa shape index (κ2) is 9.83. The molecule has 3 rings (SSSR count). The second-order valence-electron chi connectivity index (χ2n) is 7.59. The average Bonchev–Trinajstić information content (AvgIpc) is 2.78. The van der Waals surface area contributed by atoms with E-state index in [-0.39, 0.29) is 29.5 Å². The molecule has 32 heavy (non-hydrogen) atoms. The Balaban J connectivity index is 1.63. The number of amides is 1. The van der Waals surface area contributed by atoms with Gasteiger partial charge >= 0.3 is 0 Å². The molecule has 2 aromatic rings. The van der Waals surface area contributed by atoms with E-state index in [0.29, 0.717) is 24.3 Å². The van der Waals surface area contributed by atoms with Gasteiger partial charge in [0.05, 0.1) is 25.2 Å². The van der Waals surface area contributed by atoms with Gasteiger partial charge in [0.25, 0.3) is 0 Å². The van der Waals surface area contributed by atoms with Crippen LogP contribution in [0.2, 0.25) is 0 Å². The summed E-state index contributed by atoms with van der Waals surface area (Å²) >= 11 is 0. The van der Waals surface area contributed by atoms with Crippen LogP contribution in [-0.4, -0.2) is 45.9 Å². The predicted octanol–water partition coefficient (Wildman–Crippen LogP) is 3.26. The number of nitrogens with one attached hydrogen (secondary N) is 1. The van der Waals surface area contributed by atoms with E-state index in [1.165, 1.54) is 42.8 Å². The fraction of sp³-hybridized carbons (Fsp3) is 0.409. The van der Waals surface area contributed by atoms with Gasteiger partial charge in [-0.15, -0.1) is 0 Å². The Morgan fingerprint density at radius 2 is 1.72 bits per heavy atom. The van der Waals surface area contributed by atoms with Gasteiger partial charge in [0, 0.05) is 36.7 Å². The number of benzene rings is 2. The zero-order valence-corrected chi connectivity index (χ0v) is 18.9. The minimum absolute atomic E-state index is 0.0819. The Bertz CT molecular complexity index is 1090. The highest BCUT2D eigenvalue weighted by molar-refractivity contribution is 7.89. The number of ether oxygens (including phenoxy) is 2. The average molecular weight is 469 g/mol. The van der Waals surface area contributed by atoms with Gasteiger partial charge in [-0.1, -0.05) is 6.07 Å². The normalized spacial score (nSPS) is 16.4. The first-order chi connectivity index (χ1) is 15.2. The summed E-state index contributed by atoms with van der Waals surface area (Å²) < 4.78 is 64.8. The minimum atomic E-state index is -3.76. The molecule has 1 atom stereocenters. The zero-order chi connectivity index (χ0) is 23.5. The highest BCUT2D eigenvalue weighted by Gasteiger charge is 2.33. The van der Waals surface area contributed by atoms with Crippen molar-refractivity contribution in [3.05, 3.63) is 53.6 Å². The number of sulfonamides is 1. The fourth-order valence-electron chi connectivity index (χ4n) is 3.75. The van der Waals surface area contributed by atoms with Gasteiger partial charge in [0.1, 0.15) is 11.6 Å². The lowest BCUT2D eigenvalue weighted by atomic mass is 9.96. The molecule has 1 aliphatic rings. The molecule has 0 aromatic heterocycles. The Morgan fingerprint density at radius 1 is 1.06 bits per heavy atom. The Kier molecular flexibility index (Phi) is 7.35. The summed E-state index contributed by atoms with van der Waals surface area (Å²) in [7, 11) is -0.870. The third-order valence-electron chi connectivity index (χ3n) is 5.61. The van der Waals surface area contributed by atoms with Gasteiger partial charge in [0.2, 0.25) is 15.9 Å². The summed E-state index contributed by atoms with van der Waals surface area (Å²) in [5, 5.41) is 2.74. The first kappa shape index (κ1) is 23.9. The van der Waals surface area contributed by atoms with Crippen LogP contribution < -0.4 is 14.8 Å². The first-order valence-electron chi connectivity index (χ1n) is 10.1. The molecule has 2 aromatic carbocycles. The summed E-state index contributed by atoms with van der Waals surface area (Å²) in [6, 6.07) is 6.96. The number of rotatable bonds is 7. The minimum Gasteiger partial charge on any atom is -0.493 e. The lowest BCUT2D eigenvalue weighted by Gasteiger charge is -2.31. The van der Waals surface area contributed by atoms with Crippen molar-refractivity contribution in [2.45, 2.75) is 30.7 Å². The number of hydrogen-bond donors (Lipinski definition) is 1. The molecular formula is C22H26F2N2O5S. The van der Waals surface area contributed by atoms with Crippen LogP contribution in [0, 0.1) is 17.6 Å². The van der Waals surface area contributed by atoms with Crippen molar-refractivity contribution in [3.8, 4) is 11.5 Å². The van der Waals surface area contributed by atoms with Gasteiger partial charge < -0.3 is 14.8 Å². The quantitative estimate of drug-likeness (QED) is 0.674. The van der Waals surface area contributed by atoms with Crippen LogP contribution in [0.4, 0.5) is 8.78 Å². The van der Waals surface area contributed by atoms with Crippen molar-refractivity contribution in [3.63, 3.8) is 0 Å². The van der Waals surface area contributed by atoms with Gasteiger partial charge in [-0.25, -0.2) is 17.2 Å². The monoisotopic (exact) mass is 468 g/mol. The van der Waals surface area contributed by atoms with E-state index < -0.39 is 33.6 Å². The summed E-state index contributed by atoms with van der Waals surface area (Å²) in [4.78, 5) is 12.7. The molecule has 0 spiro atoms. The SMILES string of the molecule is COc1ccc(S(=O)(=O)N2CCC(C(=O)NC(C)c3ccc(F)cc3F)CC2)cc1OC. The van der Waals surface area contributed by atoms with Crippen LogP contribution in [0.5, 0.6) is 11.5 Å². The van der Waals surface area contributed by atoms with Crippen LogP contribution in [0.1, 0.15) is 31.4 Å². The number of carbonyl (C=O) groups is 1. The maximum Gasteiger partial charge on any atom is 0.243 e. The summed E-state index contributed by atoms with van der Waals surface area (Å²) in [6.07, 6.45) is 0.661. The summed E-state index contributed by atoms with van der Waals surface area (Å²) in [5.74, 6) is -1.37. The Labute approximate surface area is 186 Å². The topological polar surface area (TPSA) is 84.9 Å². The van der Waals surface area contributed by atoms with Crippen LogP contribution >= 0.6 is 0 Å². The molecule has 0 bridgehead atoms. The smallest absolute Gasteiger partial charge is 0.243 e. The molecule has 0 aliphatic carbocycles. The Hall–Kier alpha value is -2.72. The summed E-state index contributed by atoms with van der Waals surface area (Å²) in [6.45, 7) is 1.97. The molecule has 0 radical (unpaired) electrons. The van der Waals surface area contributed by atoms with E-state index in [4.69, 9.17) is 9.47 Å². The van der Waals surface area contributed by atoms with E-state index in [0.717, 1.165) is 12.1 Å². The lowest BCUT2D eigenvalue weighted by molar-refractivity contribution is -0.126. The molecule has 1 fully saturated rings. The number of hydrogen-bond acceptors (Lipinski definition) is 5. The number of piperidine rings is 1. The number of nitrogens with zero attached hydrogens (tertiary/aromatic N) is 1. The lowest BCUT2D eigenvalue weighted by Crippen LogP contribution is -2.43. The molecule has 174 valence electrons. The van der Waals surface area contributed by atoms with Crippen molar-refractivity contribution < 1.29 is 31.5 Å². The maximum atomic E-state index is 14.0. The van der Waals surface area contributed by atoms with Crippen LogP contribution in [0.25, 0.3) is 0 Å². The van der Waals surface area contributed by atoms with Crippen LogP contribution in [0.3, 0.4) is 0 Å². The molecule has 1 unspecified atom stereocenters. The number of carbonyl (C=O) groups excluding carboxylic acids is 1. The van der Waals surface area contributed by atoms with Gasteiger partial charge in [-0.3, -0.25) is 4.79 Å². The molecule has 7 nitrogen and oxygen atoms in total. The van der Waals surface area contributed by atoms with E-state index in [1.54, 1.807) is 6.92 Å². The van der Waals surface area contributed by atoms with Crippen LogP contribution in [-0.2, 0) is 14.8 Å². The van der Waals surface area contributed by atoms with Crippen molar-refractivity contribution in [2.24, 2.45) is 5.92 Å². The largest absolute Gasteiger partial charge is 0.493 e. The highest BCUT2D eigenvalue weighted by Crippen LogP contribution is 2.32. The van der Waals surface area contributed by atoms with Gasteiger partial charge in [-0.2, -0.15) is 4.31 Å². The van der Waals surface area contributed by atoms with E-state index in [1.807, 2.05) is 0 Å². The van der Waals surface area contributed by atoms with Crippen molar-refractivity contribution in [2.75, 3.05) is 27.3 Å². The molecule has 0 saturated carbocycles. The first-order valence-corrected chi connectivity index (χ1v) is 11.6. The predicted molar refractivity (Wildman–Crippen MR) is 114 cm³/mol. The maximum absolute atomic E-state index is 14.0. The van der Waals surface area contributed by atoms with Crippen LogP contribution in [0.15, 0.2) is 41.3 Å². The molecule has 1 aliphatic heterocycles. The van der Waals surface area contributed by atoms with E-state index >= 15 is 0 Å². The molecule has 1 saturated heterocycles.